The summed E-state index contributed by atoms with van der Waals surface area (Å²) in [4.78, 5) is 31.9. The molecule has 5 heteroatoms. The first-order valence-corrected chi connectivity index (χ1v) is 12.4. The van der Waals surface area contributed by atoms with E-state index >= 15 is 0 Å². The number of aliphatic imine (C=N–C) groups is 1. The third-order valence-corrected chi connectivity index (χ3v) is 6.06. The molecule has 2 aliphatic heterocycles. The summed E-state index contributed by atoms with van der Waals surface area (Å²) in [7, 11) is 0. The molecule has 2 aliphatic rings. The quantitative estimate of drug-likeness (QED) is 0.467. The minimum Gasteiger partial charge on any atom is -0.463 e. The van der Waals surface area contributed by atoms with Crippen molar-refractivity contribution in [2.24, 2.45) is 10.9 Å². The van der Waals surface area contributed by atoms with Gasteiger partial charge in [-0.3, -0.25) is 9.79 Å². The fourth-order valence-electron chi connectivity index (χ4n) is 4.18. The molecule has 2 aromatic carbocycles. The maximum atomic E-state index is 12.6. The third-order valence-electron chi connectivity index (χ3n) is 6.06. The number of hydrogen-bond donors (Lipinski definition) is 0. The van der Waals surface area contributed by atoms with Gasteiger partial charge in [0.15, 0.2) is 0 Å². The van der Waals surface area contributed by atoms with Crippen molar-refractivity contribution < 1.29 is 14.3 Å². The van der Waals surface area contributed by atoms with Crippen LogP contribution in [0.4, 0.5) is 5.69 Å². The highest BCUT2D eigenvalue weighted by molar-refractivity contribution is 6.05. The van der Waals surface area contributed by atoms with Crippen LogP contribution in [-0.4, -0.2) is 42.2 Å². The number of benzene rings is 2. The number of carbonyl (C=O) groups is 2. The molecule has 0 spiro atoms. The van der Waals surface area contributed by atoms with Crippen molar-refractivity contribution in [1.82, 2.24) is 4.90 Å². The Bertz CT molecular complexity index is 1080. The zero-order chi connectivity index (χ0) is 24.7. The van der Waals surface area contributed by atoms with Crippen LogP contribution in [0.5, 0.6) is 0 Å². The van der Waals surface area contributed by atoms with Crippen LogP contribution in [0.3, 0.4) is 0 Å². The highest BCUT2D eigenvalue weighted by Gasteiger charge is 2.21. The van der Waals surface area contributed by atoms with Crippen molar-refractivity contribution in [3.63, 3.8) is 0 Å². The Balaban J connectivity index is 0.00000158. The number of esters is 1. The Morgan fingerprint density at radius 2 is 1.65 bits per heavy atom. The molecule has 1 saturated heterocycles. The van der Waals surface area contributed by atoms with Crippen LogP contribution in [-0.2, 0) is 9.53 Å². The molecule has 2 heterocycles. The normalized spacial score (nSPS) is 14.9. The maximum Gasteiger partial charge on any atom is 0.334 e. The van der Waals surface area contributed by atoms with Gasteiger partial charge in [-0.2, -0.15) is 0 Å². The highest BCUT2D eigenvalue weighted by atomic mass is 16.5. The van der Waals surface area contributed by atoms with E-state index in [4.69, 9.17) is 9.73 Å². The van der Waals surface area contributed by atoms with E-state index < -0.39 is 0 Å². The van der Waals surface area contributed by atoms with Gasteiger partial charge >= 0.3 is 5.97 Å². The average molecular weight is 461 g/mol. The van der Waals surface area contributed by atoms with E-state index in [1.54, 1.807) is 0 Å². The third kappa shape index (κ3) is 5.82. The topological polar surface area (TPSA) is 59.0 Å². The second kappa shape index (κ2) is 11.8. The van der Waals surface area contributed by atoms with E-state index in [0.29, 0.717) is 18.6 Å². The minimum absolute atomic E-state index is 0.105. The Hall–Kier alpha value is -3.21. The highest BCUT2D eigenvalue weighted by Crippen LogP contribution is 2.33. The fourth-order valence-corrected chi connectivity index (χ4v) is 4.18. The molecular weight excluding hydrogens is 424 g/mol. The van der Waals surface area contributed by atoms with Crippen LogP contribution in [0.25, 0.3) is 17.2 Å². The zero-order valence-electron chi connectivity index (χ0n) is 21.1. The molecule has 4 rings (SSSR count). The van der Waals surface area contributed by atoms with Gasteiger partial charge in [-0.1, -0.05) is 45.9 Å². The molecule has 0 bridgehead atoms. The summed E-state index contributed by atoms with van der Waals surface area (Å²) in [6, 6.07) is 13.9. The second-order valence-corrected chi connectivity index (χ2v) is 8.67. The van der Waals surface area contributed by atoms with Gasteiger partial charge in [0, 0.05) is 41.9 Å². The van der Waals surface area contributed by atoms with Crippen LogP contribution in [0.1, 0.15) is 69.8 Å². The van der Waals surface area contributed by atoms with Gasteiger partial charge in [0.1, 0.15) is 0 Å². The van der Waals surface area contributed by atoms with Gasteiger partial charge < -0.3 is 9.64 Å². The Kier molecular flexibility index (Phi) is 8.80. The Labute approximate surface area is 203 Å². The smallest absolute Gasteiger partial charge is 0.334 e. The first-order chi connectivity index (χ1) is 16.5. The summed E-state index contributed by atoms with van der Waals surface area (Å²) in [5.41, 5.74) is 6.13. The molecule has 180 valence electrons. The number of rotatable bonds is 5. The van der Waals surface area contributed by atoms with Crippen molar-refractivity contribution in [1.29, 1.82) is 0 Å². The molecule has 5 nitrogen and oxygen atoms in total. The van der Waals surface area contributed by atoms with Gasteiger partial charge in [0.25, 0.3) is 5.91 Å². The number of hydrogen-bond acceptors (Lipinski definition) is 4. The van der Waals surface area contributed by atoms with Crippen molar-refractivity contribution in [2.75, 3.05) is 19.7 Å². The number of ether oxygens (including phenoxy) is 1. The molecule has 1 amide bonds. The van der Waals surface area contributed by atoms with Crippen molar-refractivity contribution >= 4 is 29.4 Å². The summed E-state index contributed by atoms with van der Waals surface area (Å²) in [5.74, 6) is 0.0524. The van der Waals surface area contributed by atoms with Crippen molar-refractivity contribution in [3.8, 4) is 11.1 Å². The van der Waals surface area contributed by atoms with E-state index in [2.05, 4.69) is 19.9 Å². The molecule has 0 saturated carbocycles. The molecule has 0 N–H and O–H groups in total. The van der Waals surface area contributed by atoms with Crippen molar-refractivity contribution in [2.45, 2.75) is 53.9 Å². The lowest BCUT2D eigenvalue weighted by Crippen LogP contribution is -2.27. The second-order valence-electron chi connectivity index (χ2n) is 8.67. The van der Waals surface area contributed by atoms with Gasteiger partial charge in [-0.15, -0.1) is 0 Å². The van der Waals surface area contributed by atoms with Gasteiger partial charge in [0.2, 0.25) is 0 Å². The largest absolute Gasteiger partial charge is 0.463 e. The van der Waals surface area contributed by atoms with E-state index in [1.165, 1.54) is 0 Å². The van der Waals surface area contributed by atoms with E-state index in [1.807, 2.05) is 68.1 Å². The summed E-state index contributed by atoms with van der Waals surface area (Å²) in [5, 5.41) is 0. The summed E-state index contributed by atoms with van der Waals surface area (Å²) < 4.78 is 5.27. The number of likely N-dealkylation sites (tertiary alicyclic amines) is 1. The number of nitrogens with zero attached hydrogens (tertiary/aromatic N) is 2. The standard InChI is InChI=1S/C27H30N2O3.C2H6/c1-4-32-27(31)23-16-22-15-21(11-12-24(22)28-25(17-23)18(2)3)19-7-9-20(10-8-19)26(30)29-13-5-6-14-29;1-2/h7-12,15-16,18H,4-6,13-14,17H2,1-3H3;1-2H3. The van der Waals surface area contributed by atoms with E-state index in [-0.39, 0.29) is 17.8 Å². The summed E-state index contributed by atoms with van der Waals surface area (Å²) in [6.45, 7) is 12.0. The van der Waals surface area contributed by atoms with Crippen LogP contribution in [0.2, 0.25) is 0 Å². The monoisotopic (exact) mass is 460 g/mol. The number of amides is 1. The van der Waals surface area contributed by atoms with Gasteiger partial charge in [-0.25, -0.2) is 4.79 Å². The Morgan fingerprint density at radius 1 is 1.00 bits per heavy atom. The Morgan fingerprint density at radius 3 is 2.26 bits per heavy atom. The first kappa shape index (κ1) is 25.4. The first-order valence-electron chi connectivity index (χ1n) is 12.4. The van der Waals surface area contributed by atoms with Crippen LogP contribution >= 0.6 is 0 Å². The SMILES string of the molecule is CC.CCOC(=O)C1=Cc2cc(-c3ccc(C(=O)N4CCCC4)cc3)ccc2N=C(C(C)C)C1. The van der Waals surface area contributed by atoms with Gasteiger partial charge in [0.05, 0.1) is 12.3 Å². The number of carbonyl (C=O) groups excluding carboxylic acids is 2. The van der Waals surface area contributed by atoms with E-state index in [0.717, 1.165) is 59.6 Å². The molecular formula is C29H36N2O3. The zero-order valence-corrected chi connectivity index (χ0v) is 21.1. The molecule has 0 atom stereocenters. The van der Waals surface area contributed by atoms with E-state index in [9.17, 15) is 9.59 Å². The molecule has 0 unspecified atom stereocenters. The molecule has 34 heavy (non-hydrogen) atoms. The van der Waals surface area contributed by atoms with Crippen molar-refractivity contribution in [3.05, 3.63) is 59.2 Å². The summed E-state index contributed by atoms with van der Waals surface area (Å²) in [6.07, 6.45) is 4.57. The predicted molar refractivity (Wildman–Crippen MR) is 140 cm³/mol. The van der Waals surface area contributed by atoms with Gasteiger partial charge in [-0.05, 0) is 67.2 Å². The van der Waals surface area contributed by atoms with Crippen LogP contribution < -0.4 is 0 Å². The molecule has 0 aliphatic carbocycles. The summed E-state index contributed by atoms with van der Waals surface area (Å²) >= 11 is 0. The number of fused-ring (bicyclic) bond motifs is 1. The fraction of sp³-hybridized carbons (Fsp3) is 0.414. The predicted octanol–water partition coefficient (Wildman–Crippen LogP) is 6.69. The maximum absolute atomic E-state index is 12.6. The lowest BCUT2D eigenvalue weighted by Gasteiger charge is -2.15. The minimum atomic E-state index is -0.288. The van der Waals surface area contributed by atoms with Crippen LogP contribution in [0.15, 0.2) is 53.0 Å². The lowest BCUT2D eigenvalue weighted by molar-refractivity contribution is -0.138. The lowest BCUT2D eigenvalue weighted by atomic mass is 9.98. The molecule has 1 fully saturated rings. The molecule has 2 aromatic rings. The van der Waals surface area contributed by atoms with Crippen LogP contribution in [0, 0.1) is 5.92 Å². The molecule has 0 aromatic heterocycles. The molecule has 0 radical (unpaired) electrons. The average Bonchev–Trinajstić information content (AvgIpc) is 3.32.